The first-order valence-corrected chi connectivity index (χ1v) is 6.17. The molecule has 0 saturated heterocycles. The highest BCUT2D eigenvalue weighted by atomic mass is 16.5. The number of aryl methyl sites for hydroxylation is 1. The second-order valence-electron chi connectivity index (χ2n) is 4.19. The standard InChI is InChI=1S/C14H17N3O2/c1-3-19-14(18)12-13(15)17(10(2)16-12)9-11-7-5-4-6-8-11/h4-8H,3,9,15H2,1-2H3. The number of esters is 1. The second kappa shape index (κ2) is 5.56. The molecule has 2 N–H and O–H groups in total. The van der Waals surface area contributed by atoms with Crippen molar-refractivity contribution in [3.63, 3.8) is 0 Å². The Labute approximate surface area is 112 Å². The molecule has 0 saturated carbocycles. The van der Waals surface area contributed by atoms with E-state index in [-0.39, 0.29) is 5.69 Å². The fourth-order valence-corrected chi connectivity index (χ4v) is 1.90. The van der Waals surface area contributed by atoms with Crippen molar-refractivity contribution in [3.05, 3.63) is 47.4 Å². The van der Waals surface area contributed by atoms with Gasteiger partial charge in [-0.15, -0.1) is 0 Å². The minimum atomic E-state index is -0.477. The molecule has 5 nitrogen and oxygen atoms in total. The molecule has 1 heterocycles. The van der Waals surface area contributed by atoms with Gasteiger partial charge in [-0.3, -0.25) is 0 Å². The maximum atomic E-state index is 11.7. The maximum Gasteiger partial charge on any atom is 0.360 e. The van der Waals surface area contributed by atoms with Crippen LogP contribution < -0.4 is 5.73 Å². The van der Waals surface area contributed by atoms with E-state index in [4.69, 9.17) is 10.5 Å². The summed E-state index contributed by atoms with van der Waals surface area (Å²) in [5.41, 5.74) is 7.27. The molecule has 0 aliphatic carbocycles. The Balaban J connectivity index is 2.29. The van der Waals surface area contributed by atoms with Crippen molar-refractivity contribution >= 4 is 11.8 Å². The number of ether oxygens (including phenoxy) is 1. The normalized spacial score (nSPS) is 10.4. The quantitative estimate of drug-likeness (QED) is 0.852. The van der Waals surface area contributed by atoms with Crippen LogP contribution in [0.25, 0.3) is 0 Å². The fraction of sp³-hybridized carbons (Fsp3) is 0.286. The van der Waals surface area contributed by atoms with Gasteiger partial charge in [-0.1, -0.05) is 30.3 Å². The Kier molecular flexibility index (Phi) is 3.85. The van der Waals surface area contributed by atoms with E-state index in [0.717, 1.165) is 5.56 Å². The van der Waals surface area contributed by atoms with Gasteiger partial charge >= 0.3 is 5.97 Å². The van der Waals surface area contributed by atoms with Crippen LogP contribution in [-0.2, 0) is 11.3 Å². The van der Waals surface area contributed by atoms with Gasteiger partial charge in [0, 0.05) is 0 Å². The van der Waals surface area contributed by atoms with Crippen LogP contribution in [0.3, 0.4) is 0 Å². The number of rotatable bonds is 4. The molecule has 5 heteroatoms. The van der Waals surface area contributed by atoms with Crippen LogP contribution in [0.4, 0.5) is 5.82 Å². The summed E-state index contributed by atoms with van der Waals surface area (Å²) < 4.78 is 6.74. The lowest BCUT2D eigenvalue weighted by Crippen LogP contribution is -2.10. The molecule has 100 valence electrons. The van der Waals surface area contributed by atoms with E-state index in [2.05, 4.69) is 4.98 Å². The highest BCUT2D eigenvalue weighted by Gasteiger charge is 2.19. The topological polar surface area (TPSA) is 70.1 Å². The highest BCUT2D eigenvalue weighted by molar-refractivity contribution is 5.92. The van der Waals surface area contributed by atoms with Gasteiger partial charge in [0.05, 0.1) is 13.2 Å². The molecule has 0 bridgehead atoms. The van der Waals surface area contributed by atoms with Crippen molar-refractivity contribution in [2.45, 2.75) is 20.4 Å². The monoisotopic (exact) mass is 259 g/mol. The Morgan fingerprint density at radius 2 is 2.05 bits per heavy atom. The molecule has 1 aromatic carbocycles. The molecule has 0 aliphatic rings. The third-order valence-corrected chi connectivity index (χ3v) is 2.85. The van der Waals surface area contributed by atoms with Crippen molar-refractivity contribution in [1.29, 1.82) is 0 Å². The number of hydrogen-bond acceptors (Lipinski definition) is 4. The van der Waals surface area contributed by atoms with Gasteiger partial charge in [0.15, 0.2) is 5.69 Å². The summed E-state index contributed by atoms with van der Waals surface area (Å²) in [5, 5.41) is 0. The van der Waals surface area contributed by atoms with E-state index in [1.54, 1.807) is 6.92 Å². The van der Waals surface area contributed by atoms with Crippen LogP contribution in [0.2, 0.25) is 0 Å². The van der Waals surface area contributed by atoms with Crippen molar-refractivity contribution < 1.29 is 9.53 Å². The average Bonchev–Trinajstić information content (AvgIpc) is 2.68. The lowest BCUT2D eigenvalue weighted by molar-refractivity contribution is 0.0521. The van der Waals surface area contributed by atoms with Crippen LogP contribution in [0.15, 0.2) is 30.3 Å². The number of hydrogen-bond donors (Lipinski definition) is 1. The van der Waals surface area contributed by atoms with E-state index in [1.165, 1.54) is 0 Å². The molecule has 0 spiro atoms. The number of nitrogen functional groups attached to an aromatic ring is 1. The number of nitrogens with two attached hydrogens (primary N) is 1. The van der Waals surface area contributed by atoms with Gasteiger partial charge in [0.25, 0.3) is 0 Å². The molecule has 0 amide bonds. The Morgan fingerprint density at radius 1 is 1.37 bits per heavy atom. The second-order valence-corrected chi connectivity index (χ2v) is 4.19. The zero-order valence-corrected chi connectivity index (χ0v) is 11.1. The van der Waals surface area contributed by atoms with E-state index in [9.17, 15) is 4.79 Å². The summed E-state index contributed by atoms with van der Waals surface area (Å²) >= 11 is 0. The van der Waals surface area contributed by atoms with Crippen molar-refractivity contribution in [2.75, 3.05) is 12.3 Å². The van der Waals surface area contributed by atoms with E-state index >= 15 is 0 Å². The number of carbonyl (C=O) groups is 1. The molecule has 0 aliphatic heterocycles. The lowest BCUT2D eigenvalue weighted by Gasteiger charge is -2.07. The van der Waals surface area contributed by atoms with Crippen molar-refractivity contribution in [1.82, 2.24) is 9.55 Å². The fourth-order valence-electron chi connectivity index (χ4n) is 1.90. The number of aromatic nitrogens is 2. The molecule has 0 radical (unpaired) electrons. The summed E-state index contributed by atoms with van der Waals surface area (Å²) in [7, 11) is 0. The maximum absolute atomic E-state index is 11.7. The predicted molar refractivity (Wildman–Crippen MR) is 72.9 cm³/mol. The first-order valence-electron chi connectivity index (χ1n) is 6.17. The predicted octanol–water partition coefficient (Wildman–Crippen LogP) is 2.00. The SMILES string of the molecule is CCOC(=O)c1nc(C)n(Cc2ccccc2)c1N. The van der Waals surface area contributed by atoms with Gasteiger partial charge in [0.1, 0.15) is 11.6 Å². The number of benzene rings is 1. The van der Waals surface area contributed by atoms with Crippen molar-refractivity contribution in [2.24, 2.45) is 0 Å². The third-order valence-electron chi connectivity index (χ3n) is 2.85. The first-order chi connectivity index (χ1) is 9.13. The molecule has 0 atom stereocenters. The molecule has 19 heavy (non-hydrogen) atoms. The lowest BCUT2D eigenvalue weighted by atomic mass is 10.2. The Hall–Kier alpha value is -2.30. The van der Waals surface area contributed by atoms with Crippen molar-refractivity contribution in [3.8, 4) is 0 Å². The number of carbonyl (C=O) groups excluding carboxylic acids is 1. The molecular formula is C14H17N3O2. The van der Waals surface area contributed by atoms with Gasteiger partial charge in [-0.05, 0) is 19.4 Å². The van der Waals surface area contributed by atoms with Gasteiger partial charge in [0.2, 0.25) is 0 Å². The number of imidazole rings is 1. The first kappa shape index (κ1) is 13.1. The summed E-state index contributed by atoms with van der Waals surface area (Å²) in [5.74, 6) is 0.569. The third kappa shape index (κ3) is 2.76. The zero-order valence-electron chi connectivity index (χ0n) is 11.1. The Bertz CT molecular complexity index is 576. The summed E-state index contributed by atoms with van der Waals surface area (Å²) in [6.45, 7) is 4.47. The minimum absolute atomic E-state index is 0.190. The highest BCUT2D eigenvalue weighted by Crippen LogP contribution is 2.17. The van der Waals surface area contributed by atoms with E-state index in [0.29, 0.717) is 24.8 Å². The van der Waals surface area contributed by atoms with Crippen LogP contribution in [0, 0.1) is 6.92 Å². The van der Waals surface area contributed by atoms with Gasteiger partial charge in [-0.2, -0.15) is 0 Å². The number of nitrogens with zero attached hydrogens (tertiary/aromatic N) is 2. The van der Waals surface area contributed by atoms with Crippen LogP contribution >= 0.6 is 0 Å². The molecule has 2 aromatic rings. The Morgan fingerprint density at radius 3 is 2.68 bits per heavy atom. The van der Waals surface area contributed by atoms with Crippen LogP contribution in [0.5, 0.6) is 0 Å². The largest absolute Gasteiger partial charge is 0.461 e. The average molecular weight is 259 g/mol. The zero-order chi connectivity index (χ0) is 13.8. The van der Waals surface area contributed by atoms with Crippen LogP contribution in [-0.4, -0.2) is 22.1 Å². The molecule has 2 rings (SSSR count). The van der Waals surface area contributed by atoms with E-state index in [1.807, 2.05) is 41.8 Å². The molecule has 0 fully saturated rings. The summed E-state index contributed by atoms with van der Waals surface area (Å²) in [6, 6.07) is 9.89. The number of anilines is 1. The smallest absolute Gasteiger partial charge is 0.360 e. The molecule has 1 aromatic heterocycles. The van der Waals surface area contributed by atoms with Gasteiger partial charge in [-0.25, -0.2) is 9.78 Å². The summed E-state index contributed by atoms with van der Waals surface area (Å²) in [6.07, 6.45) is 0. The molecule has 0 unspecified atom stereocenters. The minimum Gasteiger partial charge on any atom is -0.461 e. The summed E-state index contributed by atoms with van der Waals surface area (Å²) in [4.78, 5) is 15.9. The molecular weight excluding hydrogens is 242 g/mol. The van der Waals surface area contributed by atoms with Crippen LogP contribution in [0.1, 0.15) is 28.8 Å². The van der Waals surface area contributed by atoms with E-state index < -0.39 is 5.97 Å². The van der Waals surface area contributed by atoms with Gasteiger partial charge < -0.3 is 15.0 Å².